The molecule has 158 valence electrons. The van der Waals surface area contributed by atoms with E-state index < -0.39 is 15.9 Å². The van der Waals surface area contributed by atoms with Gasteiger partial charge in [0.2, 0.25) is 10.0 Å². The Morgan fingerprint density at radius 2 is 1.97 bits per heavy atom. The van der Waals surface area contributed by atoms with Gasteiger partial charge < -0.3 is 4.74 Å². The minimum atomic E-state index is -3.71. The van der Waals surface area contributed by atoms with Crippen LogP contribution in [0.4, 0.5) is 4.39 Å². The third-order valence-electron chi connectivity index (χ3n) is 4.85. The van der Waals surface area contributed by atoms with E-state index in [0.717, 1.165) is 10.6 Å². The summed E-state index contributed by atoms with van der Waals surface area (Å²) in [7, 11) is -3.71. The Bertz CT molecular complexity index is 1100. The summed E-state index contributed by atoms with van der Waals surface area (Å²) in [5.41, 5.74) is 3.91. The summed E-state index contributed by atoms with van der Waals surface area (Å²) in [5, 5.41) is 4.18. The van der Waals surface area contributed by atoms with Crippen molar-refractivity contribution in [2.24, 2.45) is 5.10 Å². The molecule has 1 fully saturated rings. The van der Waals surface area contributed by atoms with E-state index in [-0.39, 0.29) is 29.4 Å². The molecule has 1 amide bonds. The van der Waals surface area contributed by atoms with Gasteiger partial charge in [0.25, 0.3) is 5.91 Å². The summed E-state index contributed by atoms with van der Waals surface area (Å²) in [4.78, 5) is 13.6. The summed E-state index contributed by atoms with van der Waals surface area (Å²) in [5.74, 6) is -0.116. The molecule has 2 aromatic rings. The van der Waals surface area contributed by atoms with E-state index in [2.05, 4.69) is 10.5 Å². The fourth-order valence-corrected chi connectivity index (χ4v) is 5.74. The number of halogens is 1. The Labute approximate surface area is 178 Å². The van der Waals surface area contributed by atoms with Crippen LogP contribution in [-0.2, 0) is 14.8 Å². The Morgan fingerprint density at radius 3 is 2.77 bits per heavy atom. The van der Waals surface area contributed by atoms with Gasteiger partial charge in [-0.1, -0.05) is 6.07 Å². The Hall–Kier alpha value is -2.27. The van der Waals surface area contributed by atoms with Crippen LogP contribution in [0.2, 0.25) is 0 Å². The van der Waals surface area contributed by atoms with Gasteiger partial charge in [0, 0.05) is 41.3 Å². The van der Waals surface area contributed by atoms with Crippen molar-refractivity contribution < 1.29 is 22.3 Å². The molecule has 0 radical (unpaired) electrons. The van der Waals surface area contributed by atoms with Crippen LogP contribution in [-0.4, -0.2) is 56.4 Å². The van der Waals surface area contributed by atoms with Crippen molar-refractivity contribution >= 4 is 33.4 Å². The summed E-state index contributed by atoms with van der Waals surface area (Å²) >= 11 is 1.61. The number of carbonyl (C=O) groups excluding carboxylic acids is 1. The SMILES string of the molecule is O=C(N/N=C1\CCSc2ccc(F)cc21)c1cccc(S(=O)(=O)N2CCOCC2)c1. The minimum absolute atomic E-state index is 0.0474. The number of amides is 1. The molecule has 0 aromatic heterocycles. The molecule has 0 atom stereocenters. The second-order valence-corrected chi connectivity index (χ2v) is 9.86. The molecule has 0 spiro atoms. The standard InChI is InChI=1S/C20H20FN3O4S2/c21-15-4-5-19-17(13-15)18(6-11-29-19)22-23-20(25)14-2-1-3-16(12-14)30(26,27)24-7-9-28-10-8-24/h1-5,12-13H,6-11H2,(H,23,25)/b22-18+. The molecule has 30 heavy (non-hydrogen) atoms. The molecule has 7 nitrogen and oxygen atoms in total. The number of nitrogens with zero attached hydrogens (tertiary/aromatic N) is 2. The van der Waals surface area contributed by atoms with Crippen molar-refractivity contribution in [2.75, 3.05) is 32.1 Å². The highest BCUT2D eigenvalue weighted by atomic mass is 32.2. The van der Waals surface area contributed by atoms with E-state index in [1.165, 1.54) is 40.7 Å². The van der Waals surface area contributed by atoms with Crippen LogP contribution in [0.3, 0.4) is 0 Å². The first kappa shape index (κ1) is 21.0. The zero-order valence-corrected chi connectivity index (χ0v) is 17.6. The first-order valence-electron chi connectivity index (χ1n) is 9.43. The molecule has 2 aromatic carbocycles. The molecule has 2 aliphatic rings. The Morgan fingerprint density at radius 1 is 1.17 bits per heavy atom. The number of nitrogens with one attached hydrogen (secondary N) is 1. The van der Waals surface area contributed by atoms with Gasteiger partial charge in [-0.3, -0.25) is 4.79 Å². The molecule has 0 saturated carbocycles. The predicted octanol–water partition coefficient (Wildman–Crippen LogP) is 2.48. The lowest BCUT2D eigenvalue weighted by Crippen LogP contribution is -2.40. The van der Waals surface area contributed by atoms with Crippen LogP contribution >= 0.6 is 11.8 Å². The largest absolute Gasteiger partial charge is 0.379 e. The number of fused-ring (bicyclic) bond motifs is 1. The maximum Gasteiger partial charge on any atom is 0.271 e. The fraction of sp³-hybridized carbons (Fsp3) is 0.300. The van der Waals surface area contributed by atoms with Crippen molar-refractivity contribution in [1.82, 2.24) is 9.73 Å². The molecule has 2 aliphatic heterocycles. The topological polar surface area (TPSA) is 88.1 Å². The highest BCUT2D eigenvalue weighted by molar-refractivity contribution is 7.99. The molecule has 0 unspecified atom stereocenters. The molecule has 1 saturated heterocycles. The highest BCUT2D eigenvalue weighted by Crippen LogP contribution is 2.30. The normalized spacial score (nSPS) is 18.8. The van der Waals surface area contributed by atoms with Crippen LogP contribution in [0.5, 0.6) is 0 Å². The fourth-order valence-electron chi connectivity index (χ4n) is 3.28. The third-order valence-corrected chi connectivity index (χ3v) is 7.82. The van der Waals surface area contributed by atoms with Crippen LogP contribution in [0, 0.1) is 5.82 Å². The maximum absolute atomic E-state index is 13.6. The highest BCUT2D eigenvalue weighted by Gasteiger charge is 2.27. The lowest BCUT2D eigenvalue weighted by atomic mass is 10.1. The predicted molar refractivity (Wildman–Crippen MR) is 112 cm³/mol. The van der Waals surface area contributed by atoms with Crippen molar-refractivity contribution in [3.8, 4) is 0 Å². The Balaban J connectivity index is 1.53. The van der Waals surface area contributed by atoms with Crippen LogP contribution < -0.4 is 5.43 Å². The first-order chi connectivity index (χ1) is 14.4. The van der Waals surface area contributed by atoms with Crippen molar-refractivity contribution in [3.05, 3.63) is 59.4 Å². The number of hydrogen-bond donors (Lipinski definition) is 1. The van der Waals surface area contributed by atoms with Gasteiger partial charge in [-0.15, -0.1) is 11.8 Å². The van der Waals surface area contributed by atoms with E-state index in [9.17, 15) is 17.6 Å². The average molecular weight is 450 g/mol. The van der Waals surface area contributed by atoms with Gasteiger partial charge in [0.1, 0.15) is 5.82 Å². The van der Waals surface area contributed by atoms with Gasteiger partial charge in [-0.05, 0) is 36.4 Å². The second kappa shape index (κ2) is 8.84. The molecule has 0 aliphatic carbocycles. The van der Waals surface area contributed by atoms with Crippen molar-refractivity contribution in [2.45, 2.75) is 16.2 Å². The summed E-state index contributed by atoms with van der Waals surface area (Å²) < 4.78 is 45.8. The number of benzene rings is 2. The van der Waals surface area contributed by atoms with E-state index in [1.807, 2.05) is 0 Å². The number of ether oxygens (including phenoxy) is 1. The van der Waals surface area contributed by atoms with Crippen LogP contribution in [0.1, 0.15) is 22.3 Å². The van der Waals surface area contributed by atoms with Gasteiger partial charge in [-0.2, -0.15) is 9.41 Å². The quantitative estimate of drug-likeness (QED) is 0.725. The monoisotopic (exact) mass is 449 g/mol. The lowest BCUT2D eigenvalue weighted by Gasteiger charge is -2.26. The van der Waals surface area contributed by atoms with E-state index in [0.29, 0.717) is 30.9 Å². The minimum Gasteiger partial charge on any atom is -0.379 e. The number of hydrazone groups is 1. The van der Waals surface area contributed by atoms with Gasteiger partial charge in [-0.25, -0.2) is 18.2 Å². The van der Waals surface area contributed by atoms with Gasteiger partial charge in [0.05, 0.1) is 23.8 Å². The molecular formula is C20H20FN3O4S2. The molecule has 10 heteroatoms. The zero-order chi connectivity index (χ0) is 21.1. The van der Waals surface area contributed by atoms with E-state index in [4.69, 9.17) is 4.74 Å². The van der Waals surface area contributed by atoms with Gasteiger partial charge in [0.15, 0.2) is 0 Å². The molecule has 2 heterocycles. The van der Waals surface area contributed by atoms with E-state index >= 15 is 0 Å². The average Bonchev–Trinajstić information content (AvgIpc) is 2.78. The maximum atomic E-state index is 13.6. The van der Waals surface area contributed by atoms with Gasteiger partial charge >= 0.3 is 0 Å². The number of sulfonamides is 1. The lowest BCUT2D eigenvalue weighted by molar-refractivity contribution is 0.0730. The van der Waals surface area contributed by atoms with Crippen LogP contribution in [0.25, 0.3) is 0 Å². The molecule has 4 rings (SSSR count). The smallest absolute Gasteiger partial charge is 0.271 e. The molecule has 1 N–H and O–H groups in total. The second-order valence-electron chi connectivity index (χ2n) is 6.78. The van der Waals surface area contributed by atoms with Crippen LogP contribution in [0.15, 0.2) is 57.4 Å². The number of carbonyl (C=O) groups is 1. The van der Waals surface area contributed by atoms with E-state index in [1.54, 1.807) is 17.8 Å². The van der Waals surface area contributed by atoms with Crippen molar-refractivity contribution in [3.63, 3.8) is 0 Å². The molecular weight excluding hydrogens is 429 g/mol. The number of thioether (sulfide) groups is 1. The number of rotatable bonds is 4. The third kappa shape index (κ3) is 4.41. The Kier molecular flexibility index (Phi) is 6.19. The summed E-state index contributed by atoms with van der Waals surface area (Å²) in [6, 6.07) is 10.4. The summed E-state index contributed by atoms with van der Waals surface area (Å²) in [6.07, 6.45) is 0.590. The first-order valence-corrected chi connectivity index (χ1v) is 11.9. The molecule has 0 bridgehead atoms. The summed E-state index contributed by atoms with van der Waals surface area (Å²) in [6.45, 7) is 1.25. The number of morpholine rings is 1. The zero-order valence-electron chi connectivity index (χ0n) is 16.0. The van der Waals surface area contributed by atoms with Crippen molar-refractivity contribution in [1.29, 1.82) is 0 Å². The number of hydrogen-bond acceptors (Lipinski definition) is 6.